The molecule has 2 aromatic carbocycles. The molecule has 2 amide bonds. The van der Waals surface area contributed by atoms with Crippen LogP contribution in [0.2, 0.25) is 10.0 Å². The zero-order valence-electron chi connectivity index (χ0n) is 18.0. The van der Waals surface area contributed by atoms with E-state index in [-0.39, 0.29) is 25.0 Å². The molecule has 1 atom stereocenters. The molecule has 0 bridgehead atoms. The first-order chi connectivity index (χ1) is 14.9. The van der Waals surface area contributed by atoms with Crippen molar-refractivity contribution in [2.75, 3.05) is 20.3 Å². The maximum atomic E-state index is 13.1. The Bertz CT molecular complexity index is 874. The molecule has 0 fully saturated rings. The average molecular weight is 467 g/mol. The third-order valence-electron chi connectivity index (χ3n) is 4.69. The van der Waals surface area contributed by atoms with Gasteiger partial charge in [0.25, 0.3) is 5.91 Å². The second kappa shape index (κ2) is 12.4. The van der Waals surface area contributed by atoms with Crippen molar-refractivity contribution >= 4 is 35.0 Å². The van der Waals surface area contributed by atoms with E-state index in [9.17, 15) is 9.59 Å². The summed E-state index contributed by atoms with van der Waals surface area (Å²) < 4.78 is 10.8. The smallest absolute Gasteiger partial charge is 0.261 e. The van der Waals surface area contributed by atoms with E-state index >= 15 is 0 Å². The highest BCUT2D eigenvalue weighted by Gasteiger charge is 2.29. The number of carbonyl (C=O) groups is 2. The molecule has 0 spiro atoms. The van der Waals surface area contributed by atoms with Gasteiger partial charge in [-0.2, -0.15) is 0 Å². The van der Waals surface area contributed by atoms with Crippen LogP contribution in [0.15, 0.2) is 42.5 Å². The van der Waals surface area contributed by atoms with Crippen molar-refractivity contribution in [3.05, 3.63) is 58.1 Å². The van der Waals surface area contributed by atoms with Crippen LogP contribution in [0.3, 0.4) is 0 Å². The topological polar surface area (TPSA) is 67.9 Å². The number of carbonyl (C=O) groups excluding carboxylic acids is 2. The van der Waals surface area contributed by atoms with E-state index in [1.165, 1.54) is 4.90 Å². The van der Waals surface area contributed by atoms with Crippen molar-refractivity contribution in [1.82, 2.24) is 10.2 Å². The van der Waals surface area contributed by atoms with Crippen LogP contribution < -0.4 is 14.8 Å². The zero-order chi connectivity index (χ0) is 22.8. The number of nitrogens with one attached hydrogen (secondary N) is 1. The third kappa shape index (κ3) is 7.33. The summed E-state index contributed by atoms with van der Waals surface area (Å²) in [6.07, 6.45) is 1.28. The summed E-state index contributed by atoms with van der Waals surface area (Å²) in [5, 5.41) is 3.67. The van der Waals surface area contributed by atoms with Crippen LogP contribution in [0.1, 0.15) is 32.3 Å². The summed E-state index contributed by atoms with van der Waals surface area (Å²) in [5.41, 5.74) is 0.875. The van der Waals surface area contributed by atoms with Crippen LogP contribution in [0.5, 0.6) is 11.5 Å². The lowest BCUT2D eigenvalue weighted by atomic mass is 10.1. The number of methoxy groups -OCH3 is 1. The Balaban J connectivity index is 2.20. The van der Waals surface area contributed by atoms with Crippen LogP contribution in [-0.4, -0.2) is 43.0 Å². The molecule has 1 unspecified atom stereocenters. The molecular formula is C23H28Cl2N2O4. The van der Waals surface area contributed by atoms with Crippen molar-refractivity contribution < 1.29 is 19.1 Å². The molecule has 8 heteroatoms. The fraction of sp³-hybridized carbons (Fsp3) is 0.391. The van der Waals surface area contributed by atoms with Gasteiger partial charge in [-0.1, -0.05) is 49.2 Å². The third-order valence-corrected chi connectivity index (χ3v) is 5.22. The van der Waals surface area contributed by atoms with E-state index in [0.29, 0.717) is 28.8 Å². The number of halogens is 2. The first-order valence-corrected chi connectivity index (χ1v) is 10.9. The Kier molecular flexibility index (Phi) is 9.95. The van der Waals surface area contributed by atoms with Crippen LogP contribution in [0.25, 0.3) is 0 Å². The summed E-state index contributed by atoms with van der Waals surface area (Å²) in [4.78, 5) is 27.4. The molecule has 0 saturated carbocycles. The molecule has 1 N–H and O–H groups in total. The van der Waals surface area contributed by atoms with Crippen LogP contribution in [-0.2, 0) is 16.1 Å². The first kappa shape index (κ1) is 24.8. The predicted octanol–water partition coefficient (Wildman–Crippen LogP) is 4.71. The molecule has 0 aromatic heterocycles. The van der Waals surface area contributed by atoms with E-state index in [2.05, 4.69) is 5.32 Å². The van der Waals surface area contributed by atoms with Crippen molar-refractivity contribution in [1.29, 1.82) is 0 Å². The average Bonchev–Trinajstić information content (AvgIpc) is 2.77. The second-order valence-electron chi connectivity index (χ2n) is 6.95. The molecule has 0 aliphatic carbocycles. The maximum Gasteiger partial charge on any atom is 0.261 e. The van der Waals surface area contributed by atoms with Gasteiger partial charge in [0.05, 0.1) is 12.1 Å². The number of ether oxygens (including phenoxy) is 2. The van der Waals surface area contributed by atoms with Gasteiger partial charge in [-0.05, 0) is 48.7 Å². The van der Waals surface area contributed by atoms with Gasteiger partial charge in [0.15, 0.2) is 6.61 Å². The van der Waals surface area contributed by atoms with Crippen molar-refractivity contribution in [3.8, 4) is 11.5 Å². The summed E-state index contributed by atoms with van der Waals surface area (Å²) >= 11 is 12.0. The number of nitrogens with zero attached hydrogens (tertiary/aromatic N) is 1. The summed E-state index contributed by atoms with van der Waals surface area (Å²) in [6, 6.07) is 11.5. The number of hydrogen-bond donors (Lipinski definition) is 1. The predicted molar refractivity (Wildman–Crippen MR) is 123 cm³/mol. The lowest BCUT2D eigenvalue weighted by Gasteiger charge is -2.30. The van der Waals surface area contributed by atoms with Crippen LogP contribution in [0.4, 0.5) is 0 Å². The molecule has 0 saturated heterocycles. The molecule has 0 heterocycles. The Hall–Kier alpha value is -2.44. The summed E-state index contributed by atoms with van der Waals surface area (Å²) in [5.74, 6) is 0.568. The van der Waals surface area contributed by atoms with E-state index in [0.717, 1.165) is 17.7 Å². The Morgan fingerprint density at radius 1 is 1.10 bits per heavy atom. The maximum absolute atomic E-state index is 13.1. The highest BCUT2D eigenvalue weighted by atomic mass is 35.5. The fourth-order valence-corrected chi connectivity index (χ4v) is 3.49. The van der Waals surface area contributed by atoms with Crippen molar-refractivity contribution in [2.45, 2.75) is 39.3 Å². The quantitative estimate of drug-likeness (QED) is 0.520. The molecule has 0 aliphatic heterocycles. The number of amides is 2. The zero-order valence-corrected chi connectivity index (χ0v) is 19.5. The normalized spacial score (nSPS) is 11.5. The van der Waals surface area contributed by atoms with Crippen LogP contribution in [0, 0.1) is 0 Å². The molecule has 0 radical (unpaired) electrons. The van der Waals surface area contributed by atoms with Gasteiger partial charge in [0.1, 0.15) is 17.5 Å². The van der Waals surface area contributed by atoms with Crippen molar-refractivity contribution in [2.24, 2.45) is 0 Å². The van der Waals surface area contributed by atoms with Gasteiger partial charge >= 0.3 is 0 Å². The van der Waals surface area contributed by atoms with Gasteiger partial charge in [-0.25, -0.2) is 0 Å². The van der Waals surface area contributed by atoms with Crippen LogP contribution >= 0.6 is 23.2 Å². The molecule has 6 nitrogen and oxygen atoms in total. The lowest BCUT2D eigenvalue weighted by molar-refractivity contribution is -0.143. The number of rotatable bonds is 11. The molecule has 168 valence electrons. The van der Waals surface area contributed by atoms with Gasteiger partial charge in [0.2, 0.25) is 5.91 Å². The molecule has 2 aromatic rings. The Morgan fingerprint density at radius 3 is 2.39 bits per heavy atom. The Morgan fingerprint density at radius 2 is 1.81 bits per heavy atom. The number of benzene rings is 2. The van der Waals surface area contributed by atoms with E-state index < -0.39 is 6.04 Å². The van der Waals surface area contributed by atoms with Gasteiger partial charge in [-0.3, -0.25) is 9.59 Å². The highest BCUT2D eigenvalue weighted by Crippen LogP contribution is 2.27. The minimum Gasteiger partial charge on any atom is -0.497 e. The fourth-order valence-electron chi connectivity index (χ4n) is 3.03. The van der Waals surface area contributed by atoms with E-state index in [1.54, 1.807) is 25.3 Å². The molecule has 0 aliphatic rings. The monoisotopic (exact) mass is 466 g/mol. The second-order valence-corrected chi connectivity index (χ2v) is 7.79. The molecular weight excluding hydrogens is 439 g/mol. The van der Waals surface area contributed by atoms with Gasteiger partial charge in [0, 0.05) is 18.1 Å². The minimum atomic E-state index is -0.620. The minimum absolute atomic E-state index is 0.185. The Labute approximate surface area is 193 Å². The van der Waals surface area contributed by atoms with Crippen molar-refractivity contribution in [3.63, 3.8) is 0 Å². The first-order valence-electron chi connectivity index (χ1n) is 10.2. The molecule has 2 rings (SSSR count). The van der Waals surface area contributed by atoms with E-state index in [4.69, 9.17) is 32.7 Å². The van der Waals surface area contributed by atoms with Gasteiger partial charge < -0.3 is 19.7 Å². The lowest BCUT2D eigenvalue weighted by Crippen LogP contribution is -2.50. The van der Waals surface area contributed by atoms with E-state index in [1.807, 2.05) is 38.1 Å². The summed E-state index contributed by atoms with van der Waals surface area (Å²) in [6.45, 7) is 4.41. The highest BCUT2D eigenvalue weighted by molar-refractivity contribution is 6.35. The molecule has 31 heavy (non-hydrogen) atoms. The summed E-state index contributed by atoms with van der Waals surface area (Å²) in [7, 11) is 1.59. The van der Waals surface area contributed by atoms with Gasteiger partial charge in [-0.15, -0.1) is 0 Å². The SMILES string of the molecule is CCCNC(=O)C(CC)N(Cc1ccc(OC)cc1)C(=O)COc1ccc(Cl)cc1Cl. The standard InChI is InChI=1S/C23H28Cl2N2O4/c1-4-12-26-23(29)20(5-2)27(14-16-6-9-18(30-3)10-7-16)22(28)15-31-21-11-8-17(24)13-19(21)25/h6-11,13,20H,4-5,12,14-15H2,1-3H3,(H,26,29). The largest absolute Gasteiger partial charge is 0.497 e. The number of hydrogen-bond acceptors (Lipinski definition) is 4.